The van der Waals surface area contributed by atoms with Crippen LogP contribution in [-0.4, -0.2) is 61.8 Å². The molecule has 0 aromatic heterocycles. The predicted octanol–water partition coefficient (Wildman–Crippen LogP) is 1.97. The largest absolute Gasteiger partial charge is 0.352 e. The standard InChI is InChI=1S/C16H21Cl2N3O3S/c1-11(16(22)19-13-3-4-13)20-6-8-21(9-7-20)25(23,24)15-10-12(17)2-5-14(15)18/h2,5,10-11,13H,3-4,6-9H2,1H3,(H,19,22)/t11-/m0/s1. The number of piperazine rings is 1. The van der Waals surface area contributed by atoms with Crippen LogP contribution in [0, 0.1) is 0 Å². The third-order valence-corrected chi connectivity index (χ3v) is 7.25. The Morgan fingerprint density at radius 1 is 1.20 bits per heavy atom. The summed E-state index contributed by atoms with van der Waals surface area (Å²) in [4.78, 5) is 14.2. The van der Waals surface area contributed by atoms with Crippen molar-refractivity contribution in [2.45, 2.75) is 36.7 Å². The van der Waals surface area contributed by atoms with E-state index in [1.54, 1.807) is 6.07 Å². The molecule has 138 valence electrons. The maximum atomic E-state index is 12.8. The minimum atomic E-state index is -3.70. The van der Waals surface area contributed by atoms with Gasteiger partial charge in [-0.3, -0.25) is 9.69 Å². The van der Waals surface area contributed by atoms with Gasteiger partial charge in [0.2, 0.25) is 15.9 Å². The molecule has 9 heteroatoms. The first kappa shape index (κ1) is 18.9. The van der Waals surface area contributed by atoms with Crippen molar-refractivity contribution in [3.8, 4) is 0 Å². The Morgan fingerprint density at radius 3 is 2.44 bits per heavy atom. The van der Waals surface area contributed by atoms with Crippen LogP contribution in [0.1, 0.15) is 19.8 Å². The van der Waals surface area contributed by atoms with Gasteiger partial charge in [-0.15, -0.1) is 0 Å². The average molecular weight is 406 g/mol. The molecule has 2 aliphatic rings. The molecule has 1 atom stereocenters. The second-order valence-electron chi connectivity index (χ2n) is 6.47. The van der Waals surface area contributed by atoms with Crippen LogP contribution >= 0.6 is 23.2 Å². The van der Waals surface area contributed by atoms with Gasteiger partial charge in [0.1, 0.15) is 4.90 Å². The van der Waals surface area contributed by atoms with Crippen molar-refractivity contribution in [1.82, 2.24) is 14.5 Å². The van der Waals surface area contributed by atoms with Crippen molar-refractivity contribution in [2.24, 2.45) is 0 Å². The van der Waals surface area contributed by atoms with Crippen molar-refractivity contribution in [3.63, 3.8) is 0 Å². The zero-order valence-electron chi connectivity index (χ0n) is 13.9. The Labute approximate surface area is 158 Å². The molecule has 0 unspecified atom stereocenters. The summed E-state index contributed by atoms with van der Waals surface area (Å²) < 4.78 is 27.0. The van der Waals surface area contributed by atoms with Crippen LogP contribution in [0.25, 0.3) is 0 Å². The van der Waals surface area contributed by atoms with Gasteiger partial charge in [0.15, 0.2) is 0 Å². The van der Waals surface area contributed by atoms with Crippen molar-refractivity contribution >= 4 is 39.1 Å². The van der Waals surface area contributed by atoms with Crippen LogP contribution in [0.2, 0.25) is 10.0 Å². The Morgan fingerprint density at radius 2 is 1.84 bits per heavy atom. The van der Waals surface area contributed by atoms with Gasteiger partial charge in [0, 0.05) is 37.2 Å². The summed E-state index contributed by atoms with van der Waals surface area (Å²) in [5.41, 5.74) is 0. The first-order valence-corrected chi connectivity index (χ1v) is 10.5. The summed E-state index contributed by atoms with van der Waals surface area (Å²) >= 11 is 12.0. The second kappa shape index (κ2) is 7.40. The van der Waals surface area contributed by atoms with E-state index in [1.807, 2.05) is 11.8 Å². The van der Waals surface area contributed by atoms with E-state index in [4.69, 9.17) is 23.2 Å². The number of sulfonamides is 1. The van der Waals surface area contributed by atoms with E-state index in [2.05, 4.69) is 5.32 Å². The summed E-state index contributed by atoms with van der Waals surface area (Å²) in [5, 5.41) is 3.47. The van der Waals surface area contributed by atoms with Crippen LogP contribution in [0.4, 0.5) is 0 Å². The SMILES string of the molecule is C[C@@H](C(=O)NC1CC1)N1CCN(S(=O)(=O)c2cc(Cl)ccc2Cl)CC1. The lowest BCUT2D eigenvalue weighted by atomic mass is 10.2. The number of hydrogen-bond acceptors (Lipinski definition) is 4. The molecule has 1 aromatic rings. The van der Waals surface area contributed by atoms with Gasteiger partial charge >= 0.3 is 0 Å². The fourth-order valence-corrected chi connectivity index (χ4v) is 5.02. The van der Waals surface area contributed by atoms with E-state index >= 15 is 0 Å². The molecule has 0 radical (unpaired) electrons. The van der Waals surface area contributed by atoms with E-state index in [9.17, 15) is 13.2 Å². The number of carbonyl (C=O) groups is 1. The van der Waals surface area contributed by atoms with Gasteiger partial charge < -0.3 is 5.32 Å². The quantitative estimate of drug-likeness (QED) is 0.812. The normalized spacial score (nSPS) is 21.1. The number of nitrogens with zero attached hydrogens (tertiary/aromatic N) is 2. The summed E-state index contributed by atoms with van der Waals surface area (Å²) in [7, 11) is -3.70. The van der Waals surface area contributed by atoms with E-state index < -0.39 is 10.0 Å². The van der Waals surface area contributed by atoms with Crippen molar-refractivity contribution in [1.29, 1.82) is 0 Å². The lowest BCUT2D eigenvalue weighted by Crippen LogP contribution is -2.55. The molecule has 1 aromatic carbocycles. The average Bonchev–Trinajstić information content (AvgIpc) is 3.40. The van der Waals surface area contributed by atoms with Crippen LogP contribution in [0.15, 0.2) is 23.1 Å². The molecule has 3 rings (SSSR count). The third-order valence-electron chi connectivity index (χ3n) is 4.64. The molecule has 1 N–H and O–H groups in total. The van der Waals surface area contributed by atoms with E-state index in [1.165, 1.54) is 16.4 Å². The Kier molecular flexibility index (Phi) is 5.60. The zero-order valence-corrected chi connectivity index (χ0v) is 16.2. The molecule has 1 saturated carbocycles. The maximum absolute atomic E-state index is 12.8. The zero-order chi connectivity index (χ0) is 18.2. The summed E-state index contributed by atoms with van der Waals surface area (Å²) in [6.45, 7) is 3.47. The number of carbonyl (C=O) groups excluding carboxylic acids is 1. The topological polar surface area (TPSA) is 69.7 Å². The van der Waals surface area contributed by atoms with Crippen LogP contribution in [-0.2, 0) is 14.8 Å². The molecular weight excluding hydrogens is 385 g/mol. The fraction of sp³-hybridized carbons (Fsp3) is 0.562. The highest BCUT2D eigenvalue weighted by Crippen LogP contribution is 2.28. The molecule has 0 bridgehead atoms. The van der Waals surface area contributed by atoms with E-state index in [0.29, 0.717) is 37.2 Å². The molecule has 1 heterocycles. The minimum absolute atomic E-state index is 0.0108. The molecule has 1 aliphatic carbocycles. The monoisotopic (exact) mass is 405 g/mol. The van der Waals surface area contributed by atoms with Crippen molar-refractivity contribution in [2.75, 3.05) is 26.2 Å². The minimum Gasteiger partial charge on any atom is -0.352 e. The highest BCUT2D eigenvalue weighted by atomic mass is 35.5. The van der Waals surface area contributed by atoms with E-state index in [0.717, 1.165) is 12.8 Å². The molecule has 1 saturated heterocycles. The highest BCUT2D eigenvalue weighted by molar-refractivity contribution is 7.89. The van der Waals surface area contributed by atoms with Crippen LogP contribution in [0.5, 0.6) is 0 Å². The molecule has 0 spiro atoms. The van der Waals surface area contributed by atoms with Gasteiger partial charge in [-0.25, -0.2) is 8.42 Å². The van der Waals surface area contributed by atoms with Crippen LogP contribution in [0.3, 0.4) is 0 Å². The van der Waals surface area contributed by atoms with Gasteiger partial charge in [0.05, 0.1) is 11.1 Å². The molecule has 1 aliphatic heterocycles. The van der Waals surface area contributed by atoms with Gasteiger partial charge in [0.25, 0.3) is 0 Å². The number of benzene rings is 1. The van der Waals surface area contributed by atoms with Crippen molar-refractivity contribution < 1.29 is 13.2 Å². The van der Waals surface area contributed by atoms with Gasteiger partial charge in [-0.05, 0) is 38.0 Å². The van der Waals surface area contributed by atoms with Crippen LogP contribution < -0.4 is 5.32 Å². The second-order valence-corrected chi connectivity index (χ2v) is 9.22. The number of hydrogen-bond donors (Lipinski definition) is 1. The maximum Gasteiger partial charge on any atom is 0.244 e. The lowest BCUT2D eigenvalue weighted by molar-refractivity contribution is -0.126. The number of halogens is 2. The summed E-state index contributed by atoms with van der Waals surface area (Å²) in [6, 6.07) is 4.47. The Bertz CT molecular complexity index is 760. The predicted molar refractivity (Wildman–Crippen MR) is 97.4 cm³/mol. The fourth-order valence-electron chi connectivity index (χ4n) is 2.86. The molecule has 1 amide bonds. The van der Waals surface area contributed by atoms with Gasteiger partial charge in [-0.2, -0.15) is 4.31 Å². The van der Waals surface area contributed by atoms with E-state index in [-0.39, 0.29) is 21.9 Å². The lowest BCUT2D eigenvalue weighted by Gasteiger charge is -2.36. The Hall–Kier alpha value is -0.860. The molecule has 2 fully saturated rings. The number of amides is 1. The molecule has 25 heavy (non-hydrogen) atoms. The summed E-state index contributed by atoms with van der Waals surface area (Å²) in [6.07, 6.45) is 2.09. The summed E-state index contributed by atoms with van der Waals surface area (Å²) in [5.74, 6) is 0.0108. The molecular formula is C16H21Cl2N3O3S. The smallest absolute Gasteiger partial charge is 0.244 e. The highest BCUT2D eigenvalue weighted by Gasteiger charge is 2.34. The van der Waals surface area contributed by atoms with Crippen molar-refractivity contribution in [3.05, 3.63) is 28.2 Å². The Balaban J connectivity index is 1.64. The number of rotatable bonds is 5. The third kappa shape index (κ3) is 4.28. The first-order chi connectivity index (χ1) is 11.8. The van der Waals surface area contributed by atoms with Gasteiger partial charge in [-0.1, -0.05) is 23.2 Å². The number of nitrogens with one attached hydrogen (secondary N) is 1. The first-order valence-electron chi connectivity index (χ1n) is 8.28. The molecule has 6 nitrogen and oxygen atoms in total.